The zero-order valence-electron chi connectivity index (χ0n) is 14.2. The fourth-order valence-electron chi connectivity index (χ4n) is 2.88. The Morgan fingerprint density at radius 1 is 1.25 bits per heavy atom. The van der Waals surface area contributed by atoms with E-state index in [9.17, 15) is 4.79 Å². The highest BCUT2D eigenvalue weighted by Crippen LogP contribution is 2.20. The summed E-state index contributed by atoms with van der Waals surface area (Å²) in [5.41, 5.74) is 0.960. The van der Waals surface area contributed by atoms with Gasteiger partial charge in [0.15, 0.2) is 5.82 Å². The van der Waals surface area contributed by atoms with Gasteiger partial charge in [-0.2, -0.15) is 4.98 Å². The first-order chi connectivity index (χ1) is 11.6. The van der Waals surface area contributed by atoms with Crippen molar-refractivity contribution < 1.29 is 9.32 Å². The maximum absolute atomic E-state index is 12.9. The molecule has 2 aromatic rings. The van der Waals surface area contributed by atoms with Crippen molar-refractivity contribution in [1.29, 1.82) is 0 Å². The molecule has 1 fully saturated rings. The lowest BCUT2D eigenvalue weighted by Gasteiger charge is -2.24. The van der Waals surface area contributed by atoms with Crippen molar-refractivity contribution in [3.05, 3.63) is 47.6 Å². The molecule has 6 nitrogen and oxygen atoms in total. The fraction of sp³-hybridized carbons (Fsp3) is 0.500. The van der Waals surface area contributed by atoms with Crippen molar-refractivity contribution in [3.8, 4) is 0 Å². The minimum absolute atomic E-state index is 0.117. The standard InChI is InChI=1S/C18H24N4O2/c1-13(2)17-20-15(21-24-17)12-19-16(14-8-4-3-5-9-14)18(23)22-10-6-7-11-22/h3-5,8-9,13,16,19H,6-7,10-12H2,1-2H3/t16-/m1/s1. The van der Waals surface area contributed by atoms with Crippen LogP contribution in [0.3, 0.4) is 0 Å². The summed E-state index contributed by atoms with van der Waals surface area (Å²) < 4.78 is 5.23. The van der Waals surface area contributed by atoms with Crippen LogP contribution in [0.4, 0.5) is 0 Å². The monoisotopic (exact) mass is 328 g/mol. The molecule has 3 rings (SSSR count). The van der Waals surface area contributed by atoms with Crippen molar-refractivity contribution in [3.63, 3.8) is 0 Å². The molecule has 1 amide bonds. The van der Waals surface area contributed by atoms with E-state index in [2.05, 4.69) is 15.5 Å². The molecular weight excluding hydrogens is 304 g/mol. The molecule has 1 aliphatic heterocycles. The summed E-state index contributed by atoms with van der Waals surface area (Å²) in [7, 11) is 0. The molecule has 0 radical (unpaired) electrons. The van der Waals surface area contributed by atoms with Gasteiger partial charge in [-0.1, -0.05) is 49.3 Å². The quantitative estimate of drug-likeness (QED) is 0.882. The van der Waals surface area contributed by atoms with E-state index in [0.717, 1.165) is 31.5 Å². The van der Waals surface area contributed by atoms with Crippen LogP contribution in [0.2, 0.25) is 0 Å². The third kappa shape index (κ3) is 3.82. The number of likely N-dealkylation sites (tertiary alicyclic amines) is 1. The number of carbonyl (C=O) groups is 1. The minimum atomic E-state index is -0.384. The van der Waals surface area contributed by atoms with Gasteiger partial charge in [0.1, 0.15) is 6.04 Å². The van der Waals surface area contributed by atoms with E-state index in [1.54, 1.807) is 0 Å². The molecule has 0 aliphatic carbocycles. The van der Waals surface area contributed by atoms with Crippen LogP contribution in [0.5, 0.6) is 0 Å². The van der Waals surface area contributed by atoms with Crippen LogP contribution in [0.25, 0.3) is 0 Å². The molecular formula is C18H24N4O2. The van der Waals surface area contributed by atoms with Gasteiger partial charge in [-0.15, -0.1) is 0 Å². The summed E-state index contributed by atoms with van der Waals surface area (Å²) in [4.78, 5) is 19.2. The van der Waals surface area contributed by atoms with Gasteiger partial charge in [0.25, 0.3) is 0 Å². The highest BCUT2D eigenvalue weighted by Gasteiger charge is 2.27. The molecule has 0 saturated carbocycles. The Morgan fingerprint density at radius 3 is 2.58 bits per heavy atom. The Hall–Kier alpha value is -2.21. The number of nitrogens with zero attached hydrogens (tertiary/aromatic N) is 3. The van der Waals surface area contributed by atoms with Gasteiger partial charge in [-0.3, -0.25) is 10.1 Å². The summed E-state index contributed by atoms with van der Waals surface area (Å²) in [6.45, 7) is 6.09. The molecule has 2 heterocycles. The second-order valence-corrected chi connectivity index (χ2v) is 6.46. The van der Waals surface area contributed by atoms with Crippen molar-refractivity contribution in [2.45, 2.75) is 45.2 Å². The average Bonchev–Trinajstić information content (AvgIpc) is 3.28. The average molecular weight is 328 g/mol. The first-order valence-corrected chi connectivity index (χ1v) is 8.54. The molecule has 6 heteroatoms. The van der Waals surface area contributed by atoms with Crippen LogP contribution < -0.4 is 5.32 Å². The van der Waals surface area contributed by atoms with E-state index in [4.69, 9.17) is 4.52 Å². The van der Waals surface area contributed by atoms with Crippen LogP contribution in [-0.2, 0) is 11.3 Å². The molecule has 128 valence electrons. The van der Waals surface area contributed by atoms with E-state index >= 15 is 0 Å². The van der Waals surface area contributed by atoms with Crippen molar-refractivity contribution in [2.75, 3.05) is 13.1 Å². The van der Waals surface area contributed by atoms with Crippen LogP contribution in [0, 0.1) is 0 Å². The molecule has 1 aliphatic rings. The van der Waals surface area contributed by atoms with Crippen LogP contribution >= 0.6 is 0 Å². The first-order valence-electron chi connectivity index (χ1n) is 8.54. The number of nitrogens with one attached hydrogen (secondary N) is 1. The Balaban J connectivity index is 1.73. The lowest BCUT2D eigenvalue weighted by molar-refractivity contribution is -0.132. The Kier molecular flexibility index (Phi) is 5.25. The summed E-state index contributed by atoms with van der Waals surface area (Å²) >= 11 is 0. The number of rotatable bonds is 6. The summed E-state index contributed by atoms with van der Waals surface area (Å²) in [5.74, 6) is 1.51. The molecule has 0 bridgehead atoms. The number of aromatic nitrogens is 2. The van der Waals surface area contributed by atoms with E-state index in [1.165, 1.54) is 0 Å². The summed E-state index contributed by atoms with van der Waals surface area (Å²) in [6, 6.07) is 9.42. The second-order valence-electron chi connectivity index (χ2n) is 6.46. The Labute approximate surface area is 142 Å². The number of hydrogen-bond acceptors (Lipinski definition) is 5. The molecule has 1 atom stereocenters. The Bertz CT molecular complexity index is 663. The van der Waals surface area contributed by atoms with Gasteiger partial charge in [0, 0.05) is 19.0 Å². The molecule has 1 saturated heterocycles. The van der Waals surface area contributed by atoms with Gasteiger partial charge in [-0.05, 0) is 18.4 Å². The van der Waals surface area contributed by atoms with Crippen molar-refractivity contribution in [2.24, 2.45) is 0 Å². The predicted molar refractivity (Wildman–Crippen MR) is 90.2 cm³/mol. The maximum Gasteiger partial charge on any atom is 0.244 e. The van der Waals surface area contributed by atoms with Gasteiger partial charge in [0.05, 0.1) is 6.54 Å². The zero-order valence-corrected chi connectivity index (χ0v) is 14.2. The largest absolute Gasteiger partial charge is 0.341 e. The van der Waals surface area contributed by atoms with Crippen LogP contribution in [0.15, 0.2) is 34.9 Å². The van der Waals surface area contributed by atoms with Crippen LogP contribution in [0.1, 0.15) is 55.9 Å². The maximum atomic E-state index is 12.9. The third-order valence-corrected chi connectivity index (χ3v) is 4.24. The fourth-order valence-corrected chi connectivity index (χ4v) is 2.88. The normalized spacial score (nSPS) is 15.9. The number of hydrogen-bond donors (Lipinski definition) is 1. The third-order valence-electron chi connectivity index (χ3n) is 4.24. The van der Waals surface area contributed by atoms with E-state index in [1.807, 2.05) is 49.1 Å². The highest BCUT2D eigenvalue weighted by atomic mass is 16.5. The molecule has 0 unspecified atom stereocenters. The number of benzene rings is 1. The number of carbonyl (C=O) groups excluding carboxylic acids is 1. The van der Waals surface area contributed by atoms with E-state index < -0.39 is 0 Å². The van der Waals surface area contributed by atoms with E-state index in [0.29, 0.717) is 18.3 Å². The summed E-state index contributed by atoms with van der Waals surface area (Å²) in [6.07, 6.45) is 2.16. The van der Waals surface area contributed by atoms with E-state index in [-0.39, 0.29) is 17.9 Å². The second kappa shape index (κ2) is 7.57. The lowest BCUT2D eigenvalue weighted by atomic mass is 10.1. The molecule has 0 spiro atoms. The molecule has 1 N–H and O–H groups in total. The highest BCUT2D eigenvalue weighted by molar-refractivity contribution is 5.83. The topological polar surface area (TPSA) is 71.3 Å². The van der Waals surface area contributed by atoms with Crippen molar-refractivity contribution in [1.82, 2.24) is 20.4 Å². The van der Waals surface area contributed by atoms with Crippen molar-refractivity contribution >= 4 is 5.91 Å². The number of amides is 1. The minimum Gasteiger partial charge on any atom is -0.341 e. The predicted octanol–water partition coefficient (Wildman–Crippen LogP) is 2.65. The van der Waals surface area contributed by atoms with Gasteiger partial charge < -0.3 is 9.42 Å². The summed E-state index contributed by atoms with van der Waals surface area (Å²) in [5, 5.41) is 7.29. The van der Waals surface area contributed by atoms with Gasteiger partial charge in [-0.25, -0.2) is 0 Å². The smallest absolute Gasteiger partial charge is 0.244 e. The zero-order chi connectivity index (χ0) is 16.9. The lowest BCUT2D eigenvalue weighted by Crippen LogP contribution is -2.39. The molecule has 1 aromatic carbocycles. The SMILES string of the molecule is CC(C)c1nc(CN[C@@H](C(=O)N2CCCC2)c2ccccc2)no1. The molecule has 1 aromatic heterocycles. The first kappa shape index (κ1) is 16.6. The van der Waals surface area contributed by atoms with Crippen LogP contribution in [-0.4, -0.2) is 34.0 Å². The van der Waals surface area contributed by atoms with Gasteiger partial charge in [0.2, 0.25) is 11.8 Å². The van der Waals surface area contributed by atoms with Gasteiger partial charge >= 0.3 is 0 Å². The molecule has 24 heavy (non-hydrogen) atoms. The Morgan fingerprint density at radius 2 is 1.96 bits per heavy atom.